The molecular weight excluding hydrogens is 388 g/mol. The van der Waals surface area contributed by atoms with Crippen LogP contribution in [0.15, 0.2) is 59.8 Å². The highest BCUT2D eigenvalue weighted by Crippen LogP contribution is 2.25. The first kappa shape index (κ1) is 20.7. The molecule has 0 bridgehead atoms. The van der Waals surface area contributed by atoms with E-state index in [1.54, 1.807) is 13.2 Å². The predicted octanol–water partition coefficient (Wildman–Crippen LogP) is 4.18. The van der Waals surface area contributed by atoms with Crippen LogP contribution >= 0.6 is 11.8 Å². The largest absolute Gasteiger partial charge is 0.497 e. The summed E-state index contributed by atoms with van der Waals surface area (Å²) >= 11 is 1.34. The molecule has 1 N–H and O–H groups in total. The van der Waals surface area contributed by atoms with Crippen LogP contribution in [-0.2, 0) is 11.3 Å². The number of para-hydroxylation sites is 1. The van der Waals surface area contributed by atoms with Gasteiger partial charge in [0.1, 0.15) is 11.5 Å². The van der Waals surface area contributed by atoms with E-state index in [0.29, 0.717) is 23.1 Å². The Kier molecular flexibility index (Phi) is 7.13. The third-order valence-electron chi connectivity index (χ3n) is 4.17. The van der Waals surface area contributed by atoms with Crippen molar-refractivity contribution in [2.75, 3.05) is 18.2 Å². The van der Waals surface area contributed by atoms with Crippen molar-refractivity contribution in [3.8, 4) is 11.5 Å². The fourth-order valence-corrected chi connectivity index (χ4v) is 3.60. The number of hydrogen-bond donors (Lipinski definition) is 1. The van der Waals surface area contributed by atoms with E-state index >= 15 is 0 Å². The summed E-state index contributed by atoms with van der Waals surface area (Å²) in [6.07, 6.45) is -0.259. The second-order valence-corrected chi connectivity index (χ2v) is 7.17. The van der Waals surface area contributed by atoms with Crippen molar-refractivity contribution in [3.63, 3.8) is 0 Å². The number of hydrogen-bond acceptors (Lipinski definition) is 6. The number of nitrogens with zero attached hydrogens (tertiary/aromatic N) is 3. The zero-order chi connectivity index (χ0) is 20.6. The zero-order valence-electron chi connectivity index (χ0n) is 16.7. The number of thioether (sulfide) groups is 1. The lowest BCUT2D eigenvalue weighted by atomic mass is 10.3. The number of amides is 1. The number of carbonyl (C=O) groups excluding carboxylic acids is 1. The summed E-state index contributed by atoms with van der Waals surface area (Å²) < 4.78 is 13.1. The Hall–Kier alpha value is -3.00. The van der Waals surface area contributed by atoms with Gasteiger partial charge >= 0.3 is 0 Å². The van der Waals surface area contributed by atoms with Crippen LogP contribution in [0.5, 0.6) is 11.5 Å². The molecule has 0 saturated heterocycles. The maximum Gasteiger partial charge on any atom is 0.234 e. The van der Waals surface area contributed by atoms with Crippen molar-refractivity contribution in [2.24, 2.45) is 0 Å². The van der Waals surface area contributed by atoms with Crippen LogP contribution in [0.1, 0.15) is 25.8 Å². The zero-order valence-corrected chi connectivity index (χ0v) is 17.5. The molecule has 1 atom stereocenters. The van der Waals surface area contributed by atoms with Crippen molar-refractivity contribution in [2.45, 2.75) is 31.7 Å². The molecule has 8 heteroatoms. The number of aromatic nitrogens is 3. The standard InChI is InChI=1S/C21H24N4O3S/c1-4-25-20(15(2)28-17-10-6-5-7-11-17)23-24-21(25)29-14-19(26)22-16-9-8-12-18(13-16)27-3/h5-13,15H,4,14H2,1-3H3,(H,22,26). The highest BCUT2D eigenvalue weighted by atomic mass is 32.2. The fraction of sp³-hybridized carbons (Fsp3) is 0.286. The lowest BCUT2D eigenvalue weighted by Gasteiger charge is -2.15. The van der Waals surface area contributed by atoms with Crippen molar-refractivity contribution < 1.29 is 14.3 Å². The fourth-order valence-electron chi connectivity index (χ4n) is 2.79. The minimum Gasteiger partial charge on any atom is -0.497 e. The number of anilines is 1. The van der Waals surface area contributed by atoms with Gasteiger partial charge in [-0.05, 0) is 38.1 Å². The van der Waals surface area contributed by atoms with Gasteiger partial charge in [0.05, 0.1) is 12.9 Å². The number of benzene rings is 2. The molecule has 0 saturated carbocycles. The van der Waals surface area contributed by atoms with Crippen LogP contribution in [0.4, 0.5) is 5.69 Å². The van der Waals surface area contributed by atoms with Crippen LogP contribution in [0, 0.1) is 0 Å². The Morgan fingerprint density at radius 2 is 1.90 bits per heavy atom. The minimum atomic E-state index is -0.259. The molecule has 0 aliphatic carbocycles. The van der Waals surface area contributed by atoms with Crippen molar-refractivity contribution in [1.82, 2.24) is 14.8 Å². The smallest absolute Gasteiger partial charge is 0.234 e. The van der Waals surface area contributed by atoms with Gasteiger partial charge in [0.15, 0.2) is 17.1 Å². The molecule has 152 valence electrons. The molecule has 3 rings (SSSR count). The molecule has 0 radical (unpaired) electrons. The molecule has 1 amide bonds. The van der Waals surface area contributed by atoms with Gasteiger partial charge in [-0.2, -0.15) is 0 Å². The van der Waals surface area contributed by atoms with E-state index in [2.05, 4.69) is 15.5 Å². The molecule has 1 aromatic heterocycles. The van der Waals surface area contributed by atoms with E-state index in [-0.39, 0.29) is 17.8 Å². The molecule has 2 aromatic carbocycles. The number of rotatable bonds is 9. The van der Waals surface area contributed by atoms with Gasteiger partial charge in [-0.1, -0.05) is 36.0 Å². The molecule has 3 aromatic rings. The second-order valence-electron chi connectivity index (χ2n) is 6.23. The van der Waals surface area contributed by atoms with Crippen LogP contribution in [-0.4, -0.2) is 33.5 Å². The van der Waals surface area contributed by atoms with Crippen molar-refractivity contribution in [1.29, 1.82) is 0 Å². The summed E-state index contributed by atoms with van der Waals surface area (Å²) in [5.74, 6) is 2.30. The first-order valence-electron chi connectivity index (χ1n) is 9.32. The first-order valence-corrected chi connectivity index (χ1v) is 10.3. The molecule has 0 fully saturated rings. The quantitative estimate of drug-likeness (QED) is 0.531. The number of carbonyl (C=O) groups is 1. The molecule has 0 spiro atoms. The molecule has 0 aliphatic rings. The van der Waals surface area contributed by atoms with E-state index in [0.717, 1.165) is 11.6 Å². The van der Waals surface area contributed by atoms with Crippen LogP contribution in [0.25, 0.3) is 0 Å². The summed E-state index contributed by atoms with van der Waals surface area (Å²) in [6.45, 7) is 4.64. The van der Waals surface area contributed by atoms with Crippen molar-refractivity contribution >= 4 is 23.4 Å². The van der Waals surface area contributed by atoms with Crippen LogP contribution < -0.4 is 14.8 Å². The molecule has 0 aliphatic heterocycles. The van der Waals surface area contributed by atoms with Gasteiger partial charge < -0.3 is 19.4 Å². The summed E-state index contributed by atoms with van der Waals surface area (Å²) in [4.78, 5) is 12.3. The lowest BCUT2D eigenvalue weighted by molar-refractivity contribution is -0.113. The normalized spacial score (nSPS) is 11.7. The molecule has 1 heterocycles. The molecule has 29 heavy (non-hydrogen) atoms. The summed E-state index contributed by atoms with van der Waals surface area (Å²) in [6, 6.07) is 16.9. The SMILES string of the molecule is CCn1c(SCC(=O)Nc2cccc(OC)c2)nnc1C(C)Oc1ccccc1. The third-order valence-corrected chi connectivity index (χ3v) is 5.13. The minimum absolute atomic E-state index is 0.121. The first-order chi connectivity index (χ1) is 14.1. The van der Waals surface area contributed by atoms with Gasteiger partial charge in [0.25, 0.3) is 0 Å². The Morgan fingerprint density at radius 1 is 1.14 bits per heavy atom. The van der Waals surface area contributed by atoms with E-state index in [9.17, 15) is 4.79 Å². The van der Waals surface area contributed by atoms with Gasteiger partial charge in [-0.15, -0.1) is 10.2 Å². The van der Waals surface area contributed by atoms with Gasteiger partial charge in [-0.3, -0.25) is 4.79 Å². The number of nitrogens with one attached hydrogen (secondary N) is 1. The van der Waals surface area contributed by atoms with E-state index in [4.69, 9.17) is 9.47 Å². The third kappa shape index (κ3) is 5.51. The molecular formula is C21H24N4O3S. The Bertz CT molecular complexity index is 946. The molecule has 7 nitrogen and oxygen atoms in total. The van der Waals surface area contributed by atoms with Crippen LogP contribution in [0.3, 0.4) is 0 Å². The molecule has 1 unspecified atom stereocenters. The average Bonchev–Trinajstić information content (AvgIpc) is 3.16. The Labute approximate surface area is 174 Å². The summed E-state index contributed by atoms with van der Waals surface area (Å²) in [5, 5.41) is 12.1. The van der Waals surface area contributed by atoms with Gasteiger partial charge in [0.2, 0.25) is 5.91 Å². The van der Waals surface area contributed by atoms with Crippen LogP contribution in [0.2, 0.25) is 0 Å². The monoisotopic (exact) mass is 412 g/mol. The Balaban J connectivity index is 1.61. The Morgan fingerprint density at radius 3 is 2.62 bits per heavy atom. The average molecular weight is 413 g/mol. The summed E-state index contributed by atoms with van der Waals surface area (Å²) in [5.41, 5.74) is 0.692. The maximum absolute atomic E-state index is 12.3. The topological polar surface area (TPSA) is 78.3 Å². The highest BCUT2D eigenvalue weighted by Gasteiger charge is 2.19. The van der Waals surface area contributed by atoms with E-state index in [1.165, 1.54) is 11.8 Å². The van der Waals surface area contributed by atoms with E-state index < -0.39 is 0 Å². The summed E-state index contributed by atoms with van der Waals surface area (Å²) in [7, 11) is 1.59. The van der Waals surface area contributed by atoms with Gasteiger partial charge in [0, 0.05) is 18.3 Å². The van der Waals surface area contributed by atoms with E-state index in [1.807, 2.05) is 66.9 Å². The number of methoxy groups -OCH3 is 1. The number of ether oxygens (including phenoxy) is 2. The lowest BCUT2D eigenvalue weighted by Crippen LogP contribution is -2.15. The second kappa shape index (κ2) is 9.97. The van der Waals surface area contributed by atoms with Gasteiger partial charge in [-0.25, -0.2) is 0 Å². The maximum atomic E-state index is 12.3. The van der Waals surface area contributed by atoms with Crippen molar-refractivity contribution in [3.05, 3.63) is 60.4 Å². The highest BCUT2D eigenvalue weighted by molar-refractivity contribution is 7.99. The predicted molar refractivity (Wildman–Crippen MR) is 114 cm³/mol.